The Morgan fingerprint density at radius 2 is 1.74 bits per heavy atom. The number of rotatable bonds is 12. The van der Waals surface area contributed by atoms with Gasteiger partial charge in [-0.05, 0) is 63.1 Å². The molecule has 0 spiro atoms. The molecule has 6 nitrogen and oxygen atoms in total. The smallest absolute Gasteiger partial charge is 0.266 e. The number of amides is 1. The van der Waals surface area contributed by atoms with E-state index >= 15 is 0 Å². The molecule has 1 heterocycles. The summed E-state index contributed by atoms with van der Waals surface area (Å²) in [5.74, 6) is 1.43. The van der Waals surface area contributed by atoms with Gasteiger partial charge in [-0.15, -0.1) is 0 Å². The molecule has 182 valence electrons. The number of hydrogen-bond donors (Lipinski definition) is 0. The van der Waals surface area contributed by atoms with Crippen molar-refractivity contribution in [2.24, 2.45) is 0 Å². The number of para-hydroxylation sites is 1. The lowest BCUT2D eigenvalue weighted by Crippen LogP contribution is -2.38. The lowest BCUT2D eigenvalue weighted by molar-refractivity contribution is -0.133. The van der Waals surface area contributed by atoms with Crippen LogP contribution in [-0.2, 0) is 4.79 Å². The van der Waals surface area contributed by atoms with E-state index in [1.54, 1.807) is 10.6 Å². The largest absolute Gasteiger partial charge is 0.494 e. The molecule has 3 aromatic rings. The first-order valence-corrected chi connectivity index (χ1v) is 12.6. The Morgan fingerprint density at radius 3 is 2.41 bits per heavy atom. The van der Waals surface area contributed by atoms with Crippen molar-refractivity contribution in [2.45, 2.75) is 72.3 Å². The van der Waals surface area contributed by atoms with Crippen molar-refractivity contribution in [1.29, 1.82) is 0 Å². The molecular formula is C28H37N3O3. The summed E-state index contributed by atoms with van der Waals surface area (Å²) < 4.78 is 7.23. The summed E-state index contributed by atoms with van der Waals surface area (Å²) in [6.45, 7) is 9.35. The first kappa shape index (κ1) is 25.5. The summed E-state index contributed by atoms with van der Waals surface area (Å²) in [5.41, 5.74) is 1.22. The lowest BCUT2D eigenvalue weighted by Gasteiger charge is -2.31. The Morgan fingerprint density at radius 1 is 1.00 bits per heavy atom. The Kier molecular flexibility index (Phi) is 9.25. The summed E-state index contributed by atoms with van der Waals surface area (Å²) >= 11 is 0. The molecule has 3 rings (SSSR count). The minimum Gasteiger partial charge on any atom is -0.494 e. The number of hydrogen-bond acceptors (Lipinski definition) is 4. The third-order valence-corrected chi connectivity index (χ3v) is 6.09. The van der Waals surface area contributed by atoms with Gasteiger partial charge in [0.1, 0.15) is 11.6 Å². The zero-order chi connectivity index (χ0) is 24.5. The van der Waals surface area contributed by atoms with Gasteiger partial charge in [0.05, 0.1) is 29.2 Å². The zero-order valence-corrected chi connectivity index (χ0v) is 20.9. The van der Waals surface area contributed by atoms with Gasteiger partial charge in [-0.3, -0.25) is 14.2 Å². The fourth-order valence-electron chi connectivity index (χ4n) is 4.28. The molecule has 1 aromatic heterocycles. The quantitative estimate of drug-likeness (QED) is 0.307. The van der Waals surface area contributed by atoms with Crippen molar-refractivity contribution < 1.29 is 9.53 Å². The maximum atomic E-state index is 13.7. The molecule has 1 amide bonds. The third-order valence-electron chi connectivity index (χ3n) is 6.09. The highest BCUT2D eigenvalue weighted by Crippen LogP contribution is 2.25. The zero-order valence-electron chi connectivity index (χ0n) is 20.9. The second-order valence-electron chi connectivity index (χ2n) is 8.63. The molecule has 0 aliphatic carbocycles. The Hall–Kier alpha value is -3.15. The maximum absolute atomic E-state index is 13.7. The SMILES string of the molecule is CCCCCCN(C(=O)CCC)C(C)c1nc2ccccc2c(=O)n1-c1ccc(OCC)cc1. The van der Waals surface area contributed by atoms with Crippen LogP contribution in [0.2, 0.25) is 0 Å². The van der Waals surface area contributed by atoms with Crippen molar-refractivity contribution in [1.82, 2.24) is 14.5 Å². The number of ether oxygens (including phenoxy) is 1. The number of carbonyl (C=O) groups excluding carboxylic acids is 1. The fourth-order valence-corrected chi connectivity index (χ4v) is 4.28. The second kappa shape index (κ2) is 12.4. The average Bonchev–Trinajstić information content (AvgIpc) is 2.84. The number of unbranched alkanes of at least 4 members (excludes halogenated alkanes) is 3. The molecule has 0 aliphatic heterocycles. The molecule has 0 N–H and O–H groups in total. The minimum absolute atomic E-state index is 0.104. The highest BCUT2D eigenvalue weighted by Gasteiger charge is 2.26. The number of carbonyl (C=O) groups is 1. The summed E-state index contributed by atoms with van der Waals surface area (Å²) in [4.78, 5) is 33.6. The molecule has 0 bridgehead atoms. The van der Waals surface area contributed by atoms with Crippen LogP contribution in [0, 0.1) is 0 Å². The Labute approximate surface area is 202 Å². The molecule has 2 aromatic carbocycles. The molecule has 1 atom stereocenters. The number of benzene rings is 2. The van der Waals surface area contributed by atoms with E-state index in [1.807, 2.05) is 68.1 Å². The lowest BCUT2D eigenvalue weighted by atomic mass is 10.1. The van der Waals surface area contributed by atoms with Gasteiger partial charge in [0.15, 0.2) is 0 Å². The van der Waals surface area contributed by atoms with Crippen LogP contribution >= 0.6 is 0 Å². The van der Waals surface area contributed by atoms with E-state index < -0.39 is 0 Å². The number of nitrogens with zero attached hydrogens (tertiary/aromatic N) is 3. The van der Waals surface area contributed by atoms with Gasteiger partial charge >= 0.3 is 0 Å². The van der Waals surface area contributed by atoms with Crippen LogP contribution in [0.1, 0.15) is 78.1 Å². The van der Waals surface area contributed by atoms with Gasteiger partial charge in [0.25, 0.3) is 5.56 Å². The first-order valence-electron chi connectivity index (χ1n) is 12.6. The van der Waals surface area contributed by atoms with Crippen molar-refractivity contribution in [3.8, 4) is 11.4 Å². The second-order valence-corrected chi connectivity index (χ2v) is 8.63. The molecule has 0 saturated heterocycles. The van der Waals surface area contributed by atoms with E-state index in [0.717, 1.165) is 37.9 Å². The highest BCUT2D eigenvalue weighted by molar-refractivity contribution is 5.79. The maximum Gasteiger partial charge on any atom is 0.266 e. The van der Waals surface area contributed by atoms with Crippen LogP contribution in [-0.4, -0.2) is 33.5 Å². The third kappa shape index (κ3) is 5.85. The predicted molar refractivity (Wildman–Crippen MR) is 138 cm³/mol. The molecule has 0 aliphatic rings. The number of aromatic nitrogens is 2. The molecule has 1 unspecified atom stereocenters. The van der Waals surface area contributed by atoms with Crippen molar-refractivity contribution >= 4 is 16.8 Å². The standard InChI is InChI=1S/C28H37N3O3/c1-5-8-9-12-20-30(26(32)13-6-2)21(4)27-29-25-15-11-10-14-24(25)28(33)31(27)22-16-18-23(19-17-22)34-7-3/h10-11,14-19,21H,5-9,12-13,20H2,1-4H3. The topological polar surface area (TPSA) is 64.4 Å². The van der Waals surface area contributed by atoms with Crippen LogP contribution in [0.5, 0.6) is 5.75 Å². The summed E-state index contributed by atoms with van der Waals surface area (Å²) in [6.07, 6.45) is 5.58. The van der Waals surface area contributed by atoms with Gasteiger partial charge in [-0.1, -0.05) is 45.2 Å². The molecule has 6 heteroatoms. The van der Waals surface area contributed by atoms with Crippen LogP contribution in [0.25, 0.3) is 16.6 Å². The van der Waals surface area contributed by atoms with Crippen molar-refractivity contribution in [3.05, 3.63) is 64.7 Å². The molecule has 0 saturated carbocycles. The minimum atomic E-state index is -0.343. The van der Waals surface area contributed by atoms with E-state index in [0.29, 0.717) is 42.0 Å². The summed E-state index contributed by atoms with van der Waals surface area (Å²) in [6, 6.07) is 14.5. The van der Waals surface area contributed by atoms with E-state index in [2.05, 4.69) is 6.92 Å². The van der Waals surface area contributed by atoms with E-state index in [1.165, 1.54) is 0 Å². The van der Waals surface area contributed by atoms with Gasteiger partial charge in [0.2, 0.25) is 5.91 Å². The monoisotopic (exact) mass is 463 g/mol. The van der Waals surface area contributed by atoms with Crippen LogP contribution in [0.3, 0.4) is 0 Å². The van der Waals surface area contributed by atoms with Gasteiger partial charge in [-0.2, -0.15) is 0 Å². The van der Waals surface area contributed by atoms with Crippen LogP contribution < -0.4 is 10.3 Å². The van der Waals surface area contributed by atoms with Crippen molar-refractivity contribution in [2.75, 3.05) is 13.2 Å². The summed E-state index contributed by atoms with van der Waals surface area (Å²) in [7, 11) is 0. The highest BCUT2D eigenvalue weighted by atomic mass is 16.5. The van der Waals surface area contributed by atoms with E-state index in [-0.39, 0.29) is 17.5 Å². The van der Waals surface area contributed by atoms with Crippen molar-refractivity contribution in [3.63, 3.8) is 0 Å². The van der Waals surface area contributed by atoms with Gasteiger partial charge in [0, 0.05) is 13.0 Å². The fraction of sp³-hybridized carbons (Fsp3) is 0.464. The van der Waals surface area contributed by atoms with E-state index in [4.69, 9.17) is 9.72 Å². The van der Waals surface area contributed by atoms with Gasteiger partial charge in [-0.25, -0.2) is 4.98 Å². The summed E-state index contributed by atoms with van der Waals surface area (Å²) in [5, 5.41) is 0.557. The van der Waals surface area contributed by atoms with E-state index in [9.17, 15) is 9.59 Å². The van der Waals surface area contributed by atoms with Crippen LogP contribution in [0.15, 0.2) is 53.3 Å². The van der Waals surface area contributed by atoms with Gasteiger partial charge < -0.3 is 9.64 Å². The first-order chi connectivity index (χ1) is 16.5. The Bertz CT molecular complexity index is 1140. The number of fused-ring (bicyclic) bond motifs is 1. The molecule has 0 radical (unpaired) electrons. The average molecular weight is 464 g/mol. The molecule has 34 heavy (non-hydrogen) atoms. The normalized spacial score (nSPS) is 12.0. The molecule has 0 fully saturated rings. The van der Waals surface area contributed by atoms with Crippen LogP contribution in [0.4, 0.5) is 0 Å². The Balaban J connectivity index is 2.11. The molecular weight excluding hydrogens is 426 g/mol. The predicted octanol–water partition coefficient (Wildman–Crippen LogP) is 6.05.